The summed E-state index contributed by atoms with van der Waals surface area (Å²) in [4.78, 5) is 15.0. The highest BCUT2D eigenvalue weighted by molar-refractivity contribution is 5.92. The van der Waals surface area contributed by atoms with Crippen LogP contribution in [0.3, 0.4) is 0 Å². The number of likely N-dealkylation sites (tertiary alicyclic amines) is 1. The van der Waals surface area contributed by atoms with Crippen LogP contribution in [0.2, 0.25) is 0 Å². The first-order valence-electron chi connectivity index (χ1n) is 10.3. The van der Waals surface area contributed by atoms with Crippen molar-refractivity contribution in [1.29, 1.82) is 0 Å². The van der Waals surface area contributed by atoms with E-state index in [0.29, 0.717) is 12.2 Å². The lowest BCUT2D eigenvalue weighted by atomic mass is 9.53. The standard InChI is InChI=1S/C20H29N3O3/c24-16-1-3-23(4-2-16)12-17-8-18(22-26-17)19(25)21-20-9-13-5-14(10-20)7-15(6-13)11-20/h8,13-16,24H,1-7,9-12H2,(H,21,25). The highest BCUT2D eigenvalue weighted by Crippen LogP contribution is 2.55. The highest BCUT2D eigenvalue weighted by atomic mass is 16.5. The average Bonchev–Trinajstić information content (AvgIpc) is 3.04. The zero-order valence-corrected chi connectivity index (χ0v) is 15.3. The Labute approximate surface area is 154 Å². The van der Waals surface area contributed by atoms with Crippen LogP contribution in [0.5, 0.6) is 0 Å². The molecule has 0 spiro atoms. The van der Waals surface area contributed by atoms with Gasteiger partial charge in [0.05, 0.1) is 12.6 Å². The summed E-state index contributed by atoms with van der Waals surface area (Å²) >= 11 is 0. The van der Waals surface area contributed by atoms with Crippen molar-refractivity contribution in [3.63, 3.8) is 0 Å². The van der Waals surface area contributed by atoms with E-state index in [1.54, 1.807) is 6.07 Å². The topological polar surface area (TPSA) is 78.6 Å². The molecule has 4 saturated carbocycles. The predicted molar refractivity (Wildman–Crippen MR) is 95.4 cm³/mol. The minimum atomic E-state index is -0.178. The SMILES string of the molecule is O=C(NC12CC3CC(CC(C3)C1)C2)c1cc(CN2CCC(O)CC2)on1. The number of hydrogen-bond acceptors (Lipinski definition) is 5. The van der Waals surface area contributed by atoms with Gasteiger partial charge < -0.3 is 14.9 Å². The molecule has 1 saturated heterocycles. The van der Waals surface area contributed by atoms with Gasteiger partial charge in [0.2, 0.25) is 0 Å². The van der Waals surface area contributed by atoms with E-state index in [1.165, 1.54) is 19.3 Å². The van der Waals surface area contributed by atoms with Gasteiger partial charge in [0, 0.05) is 24.7 Å². The Bertz CT molecular complexity index is 642. The molecule has 0 atom stereocenters. The van der Waals surface area contributed by atoms with Crippen LogP contribution in [-0.2, 0) is 6.54 Å². The maximum atomic E-state index is 12.8. The Kier molecular flexibility index (Phi) is 4.09. The zero-order chi connectivity index (χ0) is 17.7. The molecule has 2 N–H and O–H groups in total. The number of rotatable bonds is 4. The fourth-order valence-electron chi connectivity index (χ4n) is 6.36. The molecule has 0 unspecified atom stereocenters. The molecule has 6 rings (SSSR count). The van der Waals surface area contributed by atoms with Crippen LogP contribution >= 0.6 is 0 Å². The van der Waals surface area contributed by atoms with Gasteiger partial charge >= 0.3 is 0 Å². The second kappa shape index (κ2) is 6.34. The van der Waals surface area contributed by atoms with Gasteiger partial charge in [0.25, 0.3) is 5.91 Å². The second-order valence-corrected chi connectivity index (χ2v) is 9.34. The van der Waals surface area contributed by atoms with Gasteiger partial charge in [-0.1, -0.05) is 5.16 Å². The molecule has 0 aromatic carbocycles. The molecular weight excluding hydrogens is 330 g/mol. The molecular formula is C20H29N3O3. The van der Waals surface area contributed by atoms with E-state index in [2.05, 4.69) is 15.4 Å². The third-order valence-corrected chi connectivity index (χ3v) is 7.15. The van der Waals surface area contributed by atoms with E-state index in [9.17, 15) is 9.90 Å². The van der Waals surface area contributed by atoms with Gasteiger partial charge in [-0.25, -0.2) is 0 Å². The molecule has 5 aliphatic rings. The van der Waals surface area contributed by atoms with Crippen molar-refractivity contribution < 1.29 is 14.4 Å². The van der Waals surface area contributed by atoms with Crippen molar-refractivity contribution in [1.82, 2.24) is 15.4 Å². The molecule has 4 aliphatic carbocycles. The number of amides is 1. The van der Waals surface area contributed by atoms with Crippen LogP contribution in [0, 0.1) is 17.8 Å². The molecule has 26 heavy (non-hydrogen) atoms. The molecule has 6 nitrogen and oxygen atoms in total. The first kappa shape index (κ1) is 16.8. The summed E-state index contributed by atoms with van der Waals surface area (Å²) in [5.41, 5.74) is 0.418. The highest BCUT2D eigenvalue weighted by Gasteiger charge is 2.51. The number of piperidine rings is 1. The van der Waals surface area contributed by atoms with E-state index in [0.717, 1.165) is 68.7 Å². The Morgan fingerprint density at radius 1 is 1.19 bits per heavy atom. The molecule has 1 aromatic heterocycles. The molecule has 142 valence electrons. The smallest absolute Gasteiger partial charge is 0.273 e. The van der Waals surface area contributed by atoms with Crippen molar-refractivity contribution in [3.05, 3.63) is 17.5 Å². The Balaban J connectivity index is 1.22. The predicted octanol–water partition coefficient (Wildman–Crippen LogP) is 2.33. The Morgan fingerprint density at radius 3 is 2.42 bits per heavy atom. The van der Waals surface area contributed by atoms with Gasteiger partial charge in [0.15, 0.2) is 11.5 Å². The van der Waals surface area contributed by atoms with Crippen molar-refractivity contribution in [2.45, 2.75) is 69.6 Å². The normalized spacial score (nSPS) is 37.2. The number of nitrogens with one attached hydrogen (secondary N) is 1. The van der Waals surface area contributed by atoms with Crippen LogP contribution in [0.15, 0.2) is 10.6 Å². The maximum Gasteiger partial charge on any atom is 0.273 e. The van der Waals surface area contributed by atoms with Crippen LogP contribution in [0.25, 0.3) is 0 Å². The lowest BCUT2D eigenvalue weighted by Crippen LogP contribution is -2.59. The quantitative estimate of drug-likeness (QED) is 0.863. The minimum Gasteiger partial charge on any atom is -0.393 e. The molecule has 1 aromatic rings. The summed E-state index contributed by atoms with van der Waals surface area (Å²) in [5, 5.41) is 17.0. The number of aromatic nitrogens is 1. The summed E-state index contributed by atoms with van der Waals surface area (Å²) in [6, 6.07) is 1.79. The van der Waals surface area contributed by atoms with Crippen molar-refractivity contribution in [3.8, 4) is 0 Å². The summed E-state index contributed by atoms with van der Waals surface area (Å²) < 4.78 is 5.42. The fraction of sp³-hybridized carbons (Fsp3) is 0.800. The minimum absolute atomic E-state index is 0.00789. The van der Waals surface area contributed by atoms with Gasteiger partial charge in [-0.15, -0.1) is 0 Å². The summed E-state index contributed by atoms with van der Waals surface area (Å²) in [6.45, 7) is 2.37. The van der Waals surface area contributed by atoms with Gasteiger partial charge in [0.1, 0.15) is 0 Å². The third kappa shape index (κ3) is 3.18. The van der Waals surface area contributed by atoms with E-state index in [4.69, 9.17) is 4.52 Å². The van der Waals surface area contributed by atoms with Gasteiger partial charge in [-0.2, -0.15) is 0 Å². The first-order valence-corrected chi connectivity index (χ1v) is 10.3. The fourth-order valence-corrected chi connectivity index (χ4v) is 6.36. The lowest BCUT2D eigenvalue weighted by molar-refractivity contribution is -0.0168. The Morgan fingerprint density at radius 2 is 1.81 bits per heavy atom. The number of nitrogens with zero attached hydrogens (tertiary/aromatic N) is 2. The Hall–Kier alpha value is -1.40. The average molecular weight is 359 g/mol. The number of carbonyl (C=O) groups is 1. The second-order valence-electron chi connectivity index (χ2n) is 9.34. The molecule has 6 heteroatoms. The molecule has 1 aliphatic heterocycles. The number of hydrogen-bond donors (Lipinski definition) is 2. The molecule has 4 bridgehead atoms. The summed E-state index contributed by atoms with van der Waals surface area (Å²) in [7, 11) is 0. The van der Waals surface area contributed by atoms with Gasteiger partial charge in [-0.05, 0) is 69.1 Å². The maximum absolute atomic E-state index is 12.8. The number of aliphatic hydroxyl groups is 1. The van der Waals surface area contributed by atoms with Crippen molar-refractivity contribution in [2.75, 3.05) is 13.1 Å². The van der Waals surface area contributed by atoms with E-state index >= 15 is 0 Å². The molecule has 5 fully saturated rings. The number of aliphatic hydroxyl groups excluding tert-OH is 1. The first-order chi connectivity index (χ1) is 12.6. The van der Waals surface area contributed by atoms with E-state index < -0.39 is 0 Å². The molecule has 1 amide bonds. The van der Waals surface area contributed by atoms with Crippen molar-refractivity contribution in [2.24, 2.45) is 17.8 Å². The zero-order valence-electron chi connectivity index (χ0n) is 15.3. The summed E-state index contributed by atoms with van der Waals surface area (Å²) in [5.74, 6) is 3.09. The van der Waals surface area contributed by atoms with Crippen LogP contribution < -0.4 is 5.32 Å². The van der Waals surface area contributed by atoms with Crippen molar-refractivity contribution >= 4 is 5.91 Å². The largest absolute Gasteiger partial charge is 0.393 e. The molecule has 0 radical (unpaired) electrons. The van der Waals surface area contributed by atoms with Gasteiger partial charge in [-0.3, -0.25) is 9.69 Å². The molecule has 2 heterocycles. The third-order valence-electron chi connectivity index (χ3n) is 7.15. The van der Waals surface area contributed by atoms with Crippen LogP contribution in [0.4, 0.5) is 0 Å². The van der Waals surface area contributed by atoms with E-state index in [-0.39, 0.29) is 17.6 Å². The summed E-state index contributed by atoms with van der Waals surface area (Å²) in [6.07, 6.45) is 8.96. The lowest BCUT2D eigenvalue weighted by Gasteiger charge is -2.56. The van der Waals surface area contributed by atoms with E-state index in [1.807, 2.05) is 0 Å². The van der Waals surface area contributed by atoms with Crippen LogP contribution in [-0.4, -0.2) is 45.8 Å². The monoisotopic (exact) mass is 359 g/mol. The van der Waals surface area contributed by atoms with Crippen LogP contribution in [0.1, 0.15) is 67.6 Å². The number of carbonyl (C=O) groups excluding carboxylic acids is 1.